The lowest BCUT2D eigenvalue weighted by atomic mass is 10.3. The molecule has 0 saturated carbocycles. The van der Waals surface area contributed by atoms with Gasteiger partial charge in [0.05, 0.1) is 12.2 Å². The Bertz CT molecular complexity index is 886. The summed E-state index contributed by atoms with van der Waals surface area (Å²) in [5.41, 5.74) is 2.10. The van der Waals surface area contributed by atoms with E-state index in [2.05, 4.69) is 25.6 Å². The zero-order valence-electron chi connectivity index (χ0n) is 13.5. The van der Waals surface area contributed by atoms with Gasteiger partial charge in [0.25, 0.3) is 5.91 Å². The highest BCUT2D eigenvalue weighted by molar-refractivity contribution is 5.92. The monoisotopic (exact) mass is 337 g/mol. The van der Waals surface area contributed by atoms with Crippen molar-refractivity contribution in [2.45, 2.75) is 13.5 Å². The Morgan fingerprint density at radius 3 is 2.76 bits per heavy atom. The van der Waals surface area contributed by atoms with Crippen molar-refractivity contribution < 1.29 is 9.18 Å². The van der Waals surface area contributed by atoms with Crippen molar-refractivity contribution in [2.24, 2.45) is 0 Å². The van der Waals surface area contributed by atoms with Crippen molar-refractivity contribution in [3.63, 3.8) is 0 Å². The molecule has 1 aromatic carbocycles. The molecular formula is C18H16FN5O. The van der Waals surface area contributed by atoms with E-state index in [-0.39, 0.29) is 23.4 Å². The normalized spacial score (nSPS) is 10.3. The number of carbonyl (C=O) groups excluding carboxylic acids is 1. The molecule has 1 amide bonds. The van der Waals surface area contributed by atoms with E-state index in [0.29, 0.717) is 17.9 Å². The maximum atomic E-state index is 13.3. The summed E-state index contributed by atoms with van der Waals surface area (Å²) in [6.07, 6.45) is 1.66. The number of anilines is 2. The van der Waals surface area contributed by atoms with Gasteiger partial charge in [0.2, 0.25) is 5.95 Å². The topological polar surface area (TPSA) is 79.8 Å². The Morgan fingerprint density at radius 2 is 2.00 bits per heavy atom. The van der Waals surface area contributed by atoms with Gasteiger partial charge in [0.15, 0.2) is 0 Å². The van der Waals surface area contributed by atoms with Crippen LogP contribution in [0.2, 0.25) is 0 Å². The molecule has 0 aliphatic heterocycles. The molecule has 7 heteroatoms. The number of hydrogen-bond acceptors (Lipinski definition) is 5. The molecule has 0 aliphatic carbocycles. The third kappa shape index (κ3) is 4.57. The zero-order chi connectivity index (χ0) is 17.6. The first-order valence-electron chi connectivity index (χ1n) is 7.66. The molecule has 0 fully saturated rings. The van der Waals surface area contributed by atoms with Gasteiger partial charge in [-0.2, -0.15) is 0 Å². The highest BCUT2D eigenvalue weighted by Crippen LogP contribution is 2.15. The third-order valence-electron chi connectivity index (χ3n) is 3.32. The minimum absolute atomic E-state index is 0.224. The quantitative estimate of drug-likeness (QED) is 0.748. The summed E-state index contributed by atoms with van der Waals surface area (Å²) >= 11 is 0. The van der Waals surface area contributed by atoms with Gasteiger partial charge in [-0.15, -0.1) is 0 Å². The van der Waals surface area contributed by atoms with Crippen molar-refractivity contribution in [1.29, 1.82) is 0 Å². The molecule has 0 spiro atoms. The molecule has 0 radical (unpaired) electrons. The molecule has 0 saturated heterocycles. The number of hydrogen-bond donors (Lipinski definition) is 2. The van der Waals surface area contributed by atoms with Crippen LogP contribution in [0.5, 0.6) is 0 Å². The summed E-state index contributed by atoms with van der Waals surface area (Å²) in [4.78, 5) is 24.9. The number of nitrogens with one attached hydrogen (secondary N) is 2. The van der Waals surface area contributed by atoms with Crippen LogP contribution < -0.4 is 10.6 Å². The summed E-state index contributed by atoms with van der Waals surface area (Å²) in [7, 11) is 0. The largest absolute Gasteiger partial charge is 0.345 e. The zero-order valence-corrected chi connectivity index (χ0v) is 13.5. The van der Waals surface area contributed by atoms with E-state index in [1.54, 1.807) is 31.3 Å². The van der Waals surface area contributed by atoms with E-state index < -0.39 is 0 Å². The standard InChI is InChI=1S/C18H16FN5O/c1-12-9-16(17(25)21-11-15-6-2-3-8-20-15)24-18(22-12)23-14-7-4-5-13(19)10-14/h2-10H,11H2,1H3,(H,21,25)(H,22,23,24). The maximum absolute atomic E-state index is 13.3. The van der Waals surface area contributed by atoms with Crippen LogP contribution in [0, 0.1) is 12.7 Å². The van der Waals surface area contributed by atoms with E-state index in [4.69, 9.17) is 0 Å². The highest BCUT2D eigenvalue weighted by atomic mass is 19.1. The van der Waals surface area contributed by atoms with Gasteiger partial charge >= 0.3 is 0 Å². The molecule has 2 aromatic heterocycles. The van der Waals surface area contributed by atoms with Gasteiger partial charge in [-0.05, 0) is 43.3 Å². The Balaban J connectivity index is 1.73. The van der Waals surface area contributed by atoms with Crippen LogP contribution in [0.25, 0.3) is 0 Å². The first-order valence-corrected chi connectivity index (χ1v) is 7.66. The number of amides is 1. The van der Waals surface area contributed by atoms with Crippen LogP contribution >= 0.6 is 0 Å². The van der Waals surface area contributed by atoms with E-state index in [1.165, 1.54) is 12.1 Å². The minimum Gasteiger partial charge on any atom is -0.345 e. The number of aryl methyl sites for hydroxylation is 1. The molecular weight excluding hydrogens is 321 g/mol. The lowest BCUT2D eigenvalue weighted by molar-refractivity contribution is 0.0945. The first-order chi connectivity index (χ1) is 12.1. The van der Waals surface area contributed by atoms with E-state index in [9.17, 15) is 9.18 Å². The first kappa shape index (κ1) is 16.5. The van der Waals surface area contributed by atoms with Crippen molar-refractivity contribution in [1.82, 2.24) is 20.3 Å². The van der Waals surface area contributed by atoms with Gasteiger partial charge in [-0.1, -0.05) is 12.1 Å². The van der Waals surface area contributed by atoms with E-state index >= 15 is 0 Å². The Morgan fingerprint density at radius 1 is 1.12 bits per heavy atom. The maximum Gasteiger partial charge on any atom is 0.270 e. The molecule has 2 heterocycles. The second-order valence-corrected chi connectivity index (χ2v) is 5.36. The summed E-state index contributed by atoms with van der Waals surface area (Å²) in [5, 5.41) is 5.66. The molecule has 6 nitrogen and oxygen atoms in total. The van der Waals surface area contributed by atoms with Crippen molar-refractivity contribution >= 4 is 17.5 Å². The molecule has 0 aliphatic rings. The fraction of sp³-hybridized carbons (Fsp3) is 0.111. The number of carbonyl (C=O) groups is 1. The lowest BCUT2D eigenvalue weighted by Crippen LogP contribution is -2.24. The Hall–Kier alpha value is -3.35. The Labute approximate surface area is 144 Å². The van der Waals surface area contributed by atoms with Gasteiger partial charge in [-0.25, -0.2) is 14.4 Å². The predicted molar refractivity (Wildman–Crippen MR) is 91.9 cm³/mol. The lowest BCUT2D eigenvalue weighted by Gasteiger charge is -2.09. The molecule has 3 aromatic rings. The SMILES string of the molecule is Cc1cc(C(=O)NCc2ccccn2)nc(Nc2cccc(F)c2)n1. The number of benzene rings is 1. The van der Waals surface area contributed by atoms with Crippen LogP contribution in [0.15, 0.2) is 54.7 Å². The minimum atomic E-state index is -0.369. The van der Waals surface area contributed by atoms with Gasteiger partial charge in [0.1, 0.15) is 11.5 Å². The number of halogens is 1. The molecule has 0 bridgehead atoms. The molecule has 0 unspecified atom stereocenters. The van der Waals surface area contributed by atoms with E-state index in [1.807, 2.05) is 18.2 Å². The third-order valence-corrected chi connectivity index (χ3v) is 3.32. The average molecular weight is 337 g/mol. The predicted octanol–water partition coefficient (Wildman–Crippen LogP) is 2.99. The number of aromatic nitrogens is 3. The fourth-order valence-electron chi connectivity index (χ4n) is 2.20. The van der Waals surface area contributed by atoms with Crippen LogP contribution in [-0.2, 0) is 6.54 Å². The van der Waals surface area contributed by atoms with Gasteiger partial charge in [-0.3, -0.25) is 9.78 Å². The number of pyridine rings is 1. The Kier molecular flexibility index (Phi) is 4.94. The van der Waals surface area contributed by atoms with Crippen molar-refractivity contribution in [3.05, 3.63) is 77.6 Å². The molecule has 3 rings (SSSR count). The molecule has 2 N–H and O–H groups in total. The number of nitrogens with zero attached hydrogens (tertiary/aromatic N) is 3. The summed E-state index contributed by atoms with van der Waals surface area (Å²) in [5.74, 6) is -0.474. The molecule has 25 heavy (non-hydrogen) atoms. The smallest absolute Gasteiger partial charge is 0.270 e. The summed E-state index contributed by atoms with van der Waals surface area (Å²) < 4.78 is 13.3. The van der Waals surface area contributed by atoms with E-state index in [0.717, 1.165) is 5.69 Å². The van der Waals surface area contributed by atoms with Crippen molar-refractivity contribution in [2.75, 3.05) is 5.32 Å². The van der Waals surface area contributed by atoms with Crippen LogP contribution in [0.3, 0.4) is 0 Å². The molecule has 126 valence electrons. The summed E-state index contributed by atoms with van der Waals surface area (Å²) in [6, 6.07) is 13.0. The second-order valence-electron chi connectivity index (χ2n) is 5.36. The van der Waals surface area contributed by atoms with Crippen molar-refractivity contribution in [3.8, 4) is 0 Å². The summed E-state index contributed by atoms with van der Waals surface area (Å²) in [6.45, 7) is 2.06. The second kappa shape index (κ2) is 7.48. The van der Waals surface area contributed by atoms with Crippen LogP contribution in [-0.4, -0.2) is 20.9 Å². The number of rotatable bonds is 5. The van der Waals surface area contributed by atoms with Crippen LogP contribution in [0.1, 0.15) is 21.9 Å². The average Bonchev–Trinajstić information content (AvgIpc) is 2.60. The van der Waals surface area contributed by atoms with Gasteiger partial charge < -0.3 is 10.6 Å². The van der Waals surface area contributed by atoms with Gasteiger partial charge in [0, 0.05) is 17.6 Å². The van der Waals surface area contributed by atoms with Crippen LogP contribution in [0.4, 0.5) is 16.0 Å². The fourth-order valence-corrected chi connectivity index (χ4v) is 2.20. The molecule has 0 atom stereocenters. The highest BCUT2D eigenvalue weighted by Gasteiger charge is 2.11.